The molecule has 0 saturated carbocycles. The van der Waals surface area contributed by atoms with E-state index in [2.05, 4.69) is 15.6 Å². The van der Waals surface area contributed by atoms with Gasteiger partial charge in [0.25, 0.3) is 0 Å². The van der Waals surface area contributed by atoms with Crippen LogP contribution in [0.15, 0.2) is 18.2 Å². The predicted molar refractivity (Wildman–Crippen MR) is 93.1 cm³/mol. The standard InChI is InChI=1S/C16H23N3O3S/c1-16(2,3)22-15(20)18-10-11-5-6-13-12(9-11)19-14(23-13)17-7-8-21-4/h5-6,9H,7-8,10H2,1-4H3,(H,17,19)(H,18,20). The number of carbonyl (C=O) groups is 1. The number of alkyl carbamates (subject to hydrolysis) is 1. The summed E-state index contributed by atoms with van der Waals surface area (Å²) in [6.07, 6.45) is -0.419. The molecule has 0 saturated heterocycles. The van der Waals surface area contributed by atoms with E-state index in [1.807, 2.05) is 39.0 Å². The largest absolute Gasteiger partial charge is 0.444 e. The van der Waals surface area contributed by atoms with Crippen molar-refractivity contribution in [2.75, 3.05) is 25.6 Å². The fourth-order valence-electron chi connectivity index (χ4n) is 1.91. The lowest BCUT2D eigenvalue weighted by Gasteiger charge is -2.19. The molecule has 0 spiro atoms. The monoisotopic (exact) mass is 337 g/mol. The van der Waals surface area contributed by atoms with Gasteiger partial charge in [0.05, 0.1) is 16.8 Å². The van der Waals surface area contributed by atoms with Crippen molar-refractivity contribution in [1.29, 1.82) is 0 Å². The molecule has 1 aromatic carbocycles. The molecule has 23 heavy (non-hydrogen) atoms. The number of ether oxygens (including phenoxy) is 2. The number of rotatable bonds is 6. The Morgan fingerprint density at radius 1 is 1.35 bits per heavy atom. The number of hydrogen-bond acceptors (Lipinski definition) is 6. The van der Waals surface area contributed by atoms with Gasteiger partial charge in [-0.1, -0.05) is 17.4 Å². The van der Waals surface area contributed by atoms with Crippen molar-refractivity contribution in [3.63, 3.8) is 0 Å². The molecule has 1 heterocycles. The number of nitrogens with zero attached hydrogens (tertiary/aromatic N) is 1. The molecule has 0 aliphatic carbocycles. The van der Waals surface area contributed by atoms with Gasteiger partial charge in [-0.2, -0.15) is 0 Å². The van der Waals surface area contributed by atoms with E-state index in [9.17, 15) is 4.79 Å². The molecule has 0 atom stereocenters. The zero-order valence-electron chi connectivity index (χ0n) is 13.9. The van der Waals surface area contributed by atoms with Crippen LogP contribution in [0.25, 0.3) is 10.2 Å². The lowest BCUT2D eigenvalue weighted by molar-refractivity contribution is 0.0523. The number of amides is 1. The van der Waals surface area contributed by atoms with E-state index in [1.165, 1.54) is 0 Å². The molecule has 0 radical (unpaired) electrons. The summed E-state index contributed by atoms with van der Waals surface area (Å²) in [5.74, 6) is 0. The quantitative estimate of drug-likeness (QED) is 0.791. The maximum Gasteiger partial charge on any atom is 0.407 e. The Labute approximate surface area is 140 Å². The Kier molecular flexibility index (Phi) is 5.79. The summed E-state index contributed by atoms with van der Waals surface area (Å²) in [5.41, 5.74) is 1.40. The Morgan fingerprint density at radius 2 is 2.13 bits per heavy atom. The van der Waals surface area contributed by atoms with Gasteiger partial charge in [0, 0.05) is 20.2 Å². The smallest absolute Gasteiger partial charge is 0.407 e. The minimum atomic E-state index is -0.494. The fourth-order valence-corrected chi connectivity index (χ4v) is 2.78. The van der Waals surface area contributed by atoms with Crippen LogP contribution in [0, 0.1) is 0 Å². The van der Waals surface area contributed by atoms with Gasteiger partial charge in [-0.3, -0.25) is 0 Å². The number of aromatic nitrogens is 1. The second-order valence-electron chi connectivity index (χ2n) is 6.10. The molecule has 7 heteroatoms. The summed E-state index contributed by atoms with van der Waals surface area (Å²) >= 11 is 1.60. The molecule has 0 aliphatic heterocycles. The predicted octanol–water partition coefficient (Wildman–Crippen LogP) is 3.38. The molecule has 1 amide bonds. The molecular weight excluding hydrogens is 314 g/mol. The first-order valence-corrected chi connectivity index (χ1v) is 8.28. The Bertz CT molecular complexity index is 664. The van der Waals surface area contributed by atoms with Gasteiger partial charge in [0.2, 0.25) is 0 Å². The van der Waals surface area contributed by atoms with Gasteiger partial charge < -0.3 is 20.1 Å². The van der Waals surface area contributed by atoms with Gasteiger partial charge in [0.15, 0.2) is 5.13 Å². The summed E-state index contributed by atoms with van der Waals surface area (Å²) in [7, 11) is 1.67. The molecule has 126 valence electrons. The number of thiazole rings is 1. The Balaban J connectivity index is 1.95. The Hall–Kier alpha value is -1.86. The normalized spacial score (nSPS) is 11.5. The number of methoxy groups -OCH3 is 1. The van der Waals surface area contributed by atoms with E-state index >= 15 is 0 Å². The molecule has 0 unspecified atom stereocenters. The van der Waals surface area contributed by atoms with Gasteiger partial charge in [0.1, 0.15) is 5.60 Å². The minimum Gasteiger partial charge on any atom is -0.444 e. The molecule has 0 aliphatic rings. The summed E-state index contributed by atoms with van der Waals surface area (Å²) in [6.45, 7) is 7.29. The number of hydrogen-bond donors (Lipinski definition) is 2. The first-order valence-electron chi connectivity index (χ1n) is 7.46. The highest BCUT2D eigenvalue weighted by molar-refractivity contribution is 7.22. The van der Waals surface area contributed by atoms with Crippen LogP contribution >= 0.6 is 11.3 Å². The summed E-state index contributed by atoms with van der Waals surface area (Å²) in [6, 6.07) is 5.97. The average Bonchev–Trinajstić information content (AvgIpc) is 2.85. The van der Waals surface area contributed by atoms with Gasteiger partial charge >= 0.3 is 6.09 Å². The Morgan fingerprint density at radius 3 is 2.83 bits per heavy atom. The van der Waals surface area contributed by atoms with Gasteiger partial charge in [-0.05, 0) is 38.5 Å². The molecule has 2 N–H and O–H groups in total. The average molecular weight is 337 g/mol. The fraction of sp³-hybridized carbons (Fsp3) is 0.500. The number of carbonyl (C=O) groups excluding carboxylic acids is 1. The van der Waals surface area contributed by atoms with Gasteiger partial charge in [-0.15, -0.1) is 0 Å². The number of fused-ring (bicyclic) bond motifs is 1. The summed E-state index contributed by atoms with van der Waals surface area (Å²) < 4.78 is 11.3. The molecule has 6 nitrogen and oxygen atoms in total. The minimum absolute atomic E-state index is 0.412. The van der Waals surface area contributed by atoms with E-state index in [-0.39, 0.29) is 0 Å². The van der Waals surface area contributed by atoms with E-state index < -0.39 is 11.7 Å². The summed E-state index contributed by atoms with van der Waals surface area (Å²) in [5, 5.41) is 6.84. The zero-order chi connectivity index (χ0) is 16.9. The summed E-state index contributed by atoms with van der Waals surface area (Å²) in [4.78, 5) is 16.2. The second-order valence-corrected chi connectivity index (χ2v) is 7.13. The van der Waals surface area contributed by atoms with E-state index in [0.29, 0.717) is 13.2 Å². The third kappa shape index (κ3) is 5.69. The van der Waals surface area contributed by atoms with Crippen LogP contribution in [0.4, 0.5) is 9.93 Å². The highest BCUT2D eigenvalue weighted by Gasteiger charge is 2.15. The SMILES string of the molecule is COCCNc1nc2cc(CNC(=O)OC(C)(C)C)ccc2s1. The third-order valence-electron chi connectivity index (χ3n) is 2.87. The first kappa shape index (κ1) is 17.5. The van der Waals surface area contributed by atoms with Crippen LogP contribution in [0.2, 0.25) is 0 Å². The van der Waals surface area contributed by atoms with Crippen LogP contribution in [-0.2, 0) is 16.0 Å². The molecule has 0 fully saturated rings. The molecule has 2 rings (SSSR count). The third-order valence-corrected chi connectivity index (χ3v) is 3.86. The van der Waals surface area contributed by atoms with E-state index in [1.54, 1.807) is 18.4 Å². The first-order chi connectivity index (χ1) is 10.9. The molecular formula is C16H23N3O3S. The number of anilines is 1. The van der Waals surface area contributed by atoms with Crippen molar-refractivity contribution in [2.24, 2.45) is 0 Å². The van der Waals surface area contributed by atoms with Crippen LogP contribution in [0.5, 0.6) is 0 Å². The zero-order valence-corrected chi connectivity index (χ0v) is 14.8. The highest BCUT2D eigenvalue weighted by Crippen LogP contribution is 2.26. The van der Waals surface area contributed by atoms with Crippen molar-refractivity contribution in [1.82, 2.24) is 10.3 Å². The van der Waals surface area contributed by atoms with Crippen LogP contribution < -0.4 is 10.6 Å². The number of benzene rings is 1. The maximum atomic E-state index is 11.7. The topological polar surface area (TPSA) is 72.5 Å². The molecule has 1 aromatic heterocycles. The van der Waals surface area contributed by atoms with Gasteiger partial charge in [-0.25, -0.2) is 9.78 Å². The number of nitrogens with one attached hydrogen (secondary N) is 2. The van der Waals surface area contributed by atoms with Crippen LogP contribution in [0.3, 0.4) is 0 Å². The van der Waals surface area contributed by atoms with Crippen LogP contribution in [-0.4, -0.2) is 36.9 Å². The lowest BCUT2D eigenvalue weighted by Crippen LogP contribution is -2.32. The van der Waals surface area contributed by atoms with Crippen molar-refractivity contribution >= 4 is 32.8 Å². The van der Waals surface area contributed by atoms with Crippen molar-refractivity contribution in [2.45, 2.75) is 32.9 Å². The molecule has 2 aromatic rings. The lowest BCUT2D eigenvalue weighted by atomic mass is 10.2. The van der Waals surface area contributed by atoms with Crippen LogP contribution in [0.1, 0.15) is 26.3 Å². The van der Waals surface area contributed by atoms with Crippen molar-refractivity contribution < 1.29 is 14.3 Å². The maximum absolute atomic E-state index is 11.7. The highest BCUT2D eigenvalue weighted by atomic mass is 32.1. The van der Waals surface area contributed by atoms with E-state index in [0.717, 1.165) is 27.5 Å². The van der Waals surface area contributed by atoms with Crippen molar-refractivity contribution in [3.05, 3.63) is 23.8 Å². The second kappa shape index (κ2) is 7.61. The molecule has 0 bridgehead atoms. The van der Waals surface area contributed by atoms with E-state index in [4.69, 9.17) is 9.47 Å². The van der Waals surface area contributed by atoms with Crippen molar-refractivity contribution in [3.8, 4) is 0 Å².